The van der Waals surface area contributed by atoms with Crippen LogP contribution < -0.4 is 11.3 Å². The van der Waals surface area contributed by atoms with Crippen molar-refractivity contribution in [1.29, 1.82) is 0 Å². The minimum absolute atomic E-state index is 0.0544. The number of nitrogens with one attached hydrogen (secondary N) is 1. The van der Waals surface area contributed by atoms with E-state index in [1.807, 2.05) is 13.8 Å². The molecule has 3 N–H and O–H groups in total. The average molecular weight is 212 g/mol. The number of allylic oxidation sites excluding steroid dienone is 1. The molecule has 1 aromatic carbocycles. The van der Waals surface area contributed by atoms with Crippen molar-refractivity contribution in [3.63, 3.8) is 0 Å². The molecule has 1 unspecified atom stereocenters. The van der Waals surface area contributed by atoms with Crippen LogP contribution in [0.5, 0.6) is 0 Å². The van der Waals surface area contributed by atoms with Gasteiger partial charge in [0.2, 0.25) is 0 Å². The van der Waals surface area contributed by atoms with Crippen LogP contribution in [0.25, 0.3) is 0 Å². The fourth-order valence-electron chi connectivity index (χ4n) is 1.36. The highest BCUT2D eigenvalue weighted by Crippen LogP contribution is 2.21. The molecule has 0 aliphatic carbocycles. The Morgan fingerprint density at radius 3 is 2.27 bits per heavy atom. The largest absolute Gasteiger partial charge is 0.271 e. The van der Waals surface area contributed by atoms with E-state index in [0.29, 0.717) is 0 Å². The summed E-state index contributed by atoms with van der Waals surface area (Å²) in [7, 11) is 0. The van der Waals surface area contributed by atoms with E-state index in [1.54, 1.807) is 6.08 Å². The van der Waals surface area contributed by atoms with Crippen molar-refractivity contribution in [2.24, 2.45) is 5.84 Å². The van der Waals surface area contributed by atoms with Gasteiger partial charge in [-0.1, -0.05) is 17.7 Å². The summed E-state index contributed by atoms with van der Waals surface area (Å²) in [6.07, 6.45) is 1.67. The molecule has 1 aromatic rings. The lowest BCUT2D eigenvalue weighted by molar-refractivity contribution is 0.516. The quantitative estimate of drug-likeness (QED) is 0.459. The van der Waals surface area contributed by atoms with Crippen LogP contribution in [0.15, 0.2) is 29.8 Å². The molecule has 15 heavy (non-hydrogen) atoms. The highest BCUT2D eigenvalue weighted by Gasteiger charge is 2.16. The van der Waals surface area contributed by atoms with E-state index >= 15 is 0 Å². The number of hydrogen-bond donors (Lipinski definition) is 2. The Kier molecular flexibility index (Phi) is 3.94. The van der Waals surface area contributed by atoms with E-state index in [9.17, 15) is 8.78 Å². The fourth-order valence-corrected chi connectivity index (χ4v) is 1.36. The summed E-state index contributed by atoms with van der Waals surface area (Å²) in [5, 5.41) is 0. The van der Waals surface area contributed by atoms with Gasteiger partial charge in [-0.3, -0.25) is 5.84 Å². The zero-order valence-electron chi connectivity index (χ0n) is 8.72. The minimum Gasteiger partial charge on any atom is -0.271 e. The third-order valence-electron chi connectivity index (χ3n) is 1.99. The van der Waals surface area contributed by atoms with Gasteiger partial charge in [0.1, 0.15) is 11.6 Å². The predicted octanol–water partition coefficient (Wildman–Crippen LogP) is 2.44. The van der Waals surface area contributed by atoms with Gasteiger partial charge < -0.3 is 0 Å². The Labute approximate surface area is 87.8 Å². The van der Waals surface area contributed by atoms with E-state index in [-0.39, 0.29) is 5.56 Å². The molecule has 0 heterocycles. The molecule has 0 aliphatic rings. The molecule has 1 rings (SSSR count). The first-order valence-corrected chi connectivity index (χ1v) is 4.61. The van der Waals surface area contributed by atoms with Crippen LogP contribution in [0.2, 0.25) is 0 Å². The first-order valence-electron chi connectivity index (χ1n) is 4.61. The molecule has 0 bridgehead atoms. The molecule has 2 nitrogen and oxygen atoms in total. The predicted molar refractivity (Wildman–Crippen MR) is 55.9 cm³/mol. The second-order valence-corrected chi connectivity index (χ2v) is 3.52. The Balaban J connectivity index is 3.17. The number of nitrogens with two attached hydrogens (primary N) is 1. The van der Waals surface area contributed by atoms with Crippen LogP contribution in [0.3, 0.4) is 0 Å². The van der Waals surface area contributed by atoms with Gasteiger partial charge >= 0.3 is 0 Å². The zero-order valence-corrected chi connectivity index (χ0v) is 8.72. The molecule has 0 saturated heterocycles. The van der Waals surface area contributed by atoms with Crippen LogP contribution in [0.1, 0.15) is 25.5 Å². The van der Waals surface area contributed by atoms with E-state index in [2.05, 4.69) is 5.43 Å². The van der Waals surface area contributed by atoms with E-state index in [4.69, 9.17) is 5.84 Å². The van der Waals surface area contributed by atoms with E-state index < -0.39 is 17.7 Å². The van der Waals surface area contributed by atoms with Crippen molar-refractivity contribution < 1.29 is 8.78 Å². The molecular weight excluding hydrogens is 198 g/mol. The number of halogens is 2. The highest BCUT2D eigenvalue weighted by molar-refractivity contribution is 5.27. The molecule has 0 spiro atoms. The van der Waals surface area contributed by atoms with Gasteiger partial charge in [0.15, 0.2) is 0 Å². The minimum atomic E-state index is -0.642. The van der Waals surface area contributed by atoms with Crippen molar-refractivity contribution >= 4 is 0 Å². The molecular formula is C11H14F2N2. The zero-order chi connectivity index (χ0) is 11.4. The van der Waals surface area contributed by atoms with E-state index in [0.717, 1.165) is 5.57 Å². The maximum atomic E-state index is 13.4. The maximum Gasteiger partial charge on any atom is 0.131 e. The Morgan fingerprint density at radius 1 is 1.33 bits per heavy atom. The van der Waals surface area contributed by atoms with Crippen LogP contribution >= 0.6 is 0 Å². The molecule has 0 saturated carbocycles. The highest BCUT2D eigenvalue weighted by atomic mass is 19.1. The van der Waals surface area contributed by atoms with Gasteiger partial charge in [-0.05, 0) is 26.0 Å². The first-order chi connectivity index (χ1) is 7.06. The van der Waals surface area contributed by atoms with Gasteiger partial charge in [0.25, 0.3) is 0 Å². The summed E-state index contributed by atoms with van der Waals surface area (Å²) in [4.78, 5) is 0. The Bertz CT molecular complexity index is 351. The number of rotatable bonds is 3. The van der Waals surface area contributed by atoms with Crippen LogP contribution in [-0.2, 0) is 0 Å². The Morgan fingerprint density at radius 2 is 1.87 bits per heavy atom. The number of hydrogen-bond acceptors (Lipinski definition) is 2. The first kappa shape index (κ1) is 11.8. The maximum absolute atomic E-state index is 13.4. The molecule has 0 aliphatic heterocycles. The number of hydrazine groups is 1. The Hall–Kier alpha value is -1.26. The van der Waals surface area contributed by atoms with Gasteiger partial charge in [-0.15, -0.1) is 0 Å². The molecule has 1 atom stereocenters. The standard InChI is InChI=1S/C11H14F2N2/c1-7(2)6-10(15-14)11-8(12)4-3-5-9(11)13/h3-6,10,15H,14H2,1-2H3. The van der Waals surface area contributed by atoms with Crippen molar-refractivity contribution in [3.8, 4) is 0 Å². The summed E-state index contributed by atoms with van der Waals surface area (Å²) in [5.74, 6) is 4.06. The van der Waals surface area contributed by atoms with Crippen molar-refractivity contribution in [1.82, 2.24) is 5.43 Å². The lowest BCUT2D eigenvalue weighted by Gasteiger charge is -2.14. The lowest BCUT2D eigenvalue weighted by atomic mass is 10.0. The summed E-state index contributed by atoms with van der Waals surface area (Å²) in [5.41, 5.74) is 3.25. The third-order valence-corrected chi connectivity index (χ3v) is 1.99. The van der Waals surface area contributed by atoms with Crippen molar-refractivity contribution in [2.45, 2.75) is 19.9 Å². The number of benzene rings is 1. The molecule has 0 radical (unpaired) electrons. The molecule has 4 heteroatoms. The van der Waals surface area contributed by atoms with Crippen LogP contribution in [-0.4, -0.2) is 0 Å². The average Bonchev–Trinajstić information content (AvgIpc) is 2.15. The summed E-state index contributed by atoms with van der Waals surface area (Å²) >= 11 is 0. The molecule has 0 aromatic heterocycles. The molecule has 82 valence electrons. The second-order valence-electron chi connectivity index (χ2n) is 3.52. The summed E-state index contributed by atoms with van der Waals surface area (Å²) < 4.78 is 26.7. The second kappa shape index (κ2) is 5.00. The van der Waals surface area contributed by atoms with Gasteiger partial charge in [-0.2, -0.15) is 0 Å². The fraction of sp³-hybridized carbons (Fsp3) is 0.273. The normalized spacial score (nSPS) is 12.3. The third kappa shape index (κ3) is 2.84. The van der Waals surface area contributed by atoms with Gasteiger partial charge in [0, 0.05) is 5.56 Å². The topological polar surface area (TPSA) is 38.0 Å². The van der Waals surface area contributed by atoms with Gasteiger partial charge in [0.05, 0.1) is 6.04 Å². The SMILES string of the molecule is CC(C)=CC(NN)c1c(F)cccc1F. The monoisotopic (exact) mass is 212 g/mol. The summed E-state index contributed by atoms with van der Waals surface area (Å²) in [6.45, 7) is 3.67. The molecule has 0 amide bonds. The van der Waals surface area contributed by atoms with Crippen molar-refractivity contribution in [3.05, 3.63) is 47.0 Å². The van der Waals surface area contributed by atoms with E-state index in [1.165, 1.54) is 18.2 Å². The van der Waals surface area contributed by atoms with Crippen LogP contribution in [0.4, 0.5) is 8.78 Å². The summed E-state index contributed by atoms with van der Waals surface area (Å²) in [6, 6.07) is 3.10. The lowest BCUT2D eigenvalue weighted by Crippen LogP contribution is -2.28. The van der Waals surface area contributed by atoms with Gasteiger partial charge in [-0.25, -0.2) is 14.2 Å². The molecule has 0 fully saturated rings. The van der Waals surface area contributed by atoms with Crippen molar-refractivity contribution in [2.75, 3.05) is 0 Å². The smallest absolute Gasteiger partial charge is 0.131 e. The van der Waals surface area contributed by atoms with Crippen LogP contribution in [0, 0.1) is 11.6 Å².